The number of hydrogen-bond acceptors (Lipinski definition) is 3. The van der Waals surface area contributed by atoms with Crippen LogP contribution in [0.15, 0.2) is 47.6 Å². The Balaban J connectivity index is 2.09. The quantitative estimate of drug-likeness (QED) is 0.531. The molecule has 0 aliphatic heterocycles. The average molecular weight is 273 g/mol. The van der Waals surface area contributed by atoms with Crippen molar-refractivity contribution in [2.75, 3.05) is 12.4 Å². The molecule has 0 saturated carbocycles. The van der Waals surface area contributed by atoms with Crippen LogP contribution in [0.2, 0.25) is 0 Å². The van der Waals surface area contributed by atoms with E-state index in [-0.39, 0.29) is 0 Å². The second-order valence-corrected chi connectivity index (χ2v) is 4.58. The third kappa shape index (κ3) is 3.76. The van der Waals surface area contributed by atoms with E-state index in [1.54, 1.807) is 13.2 Å². The monoisotopic (exact) mass is 273 g/mol. The highest BCUT2D eigenvalue weighted by molar-refractivity contribution is 7.27. The number of aliphatic imine (C=N–C) groups is 1. The van der Waals surface area contributed by atoms with E-state index < -0.39 is 0 Å². The summed E-state index contributed by atoms with van der Waals surface area (Å²) in [4.78, 5) is 8.23. The number of aromatic nitrogens is 1. The Kier molecular flexibility index (Phi) is 4.48. The first-order chi connectivity index (χ1) is 9.19. The van der Waals surface area contributed by atoms with Crippen LogP contribution in [0, 0.1) is 0 Å². The third-order valence-electron chi connectivity index (χ3n) is 2.53. The third-order valence-corrected chi connectivity index (χ3v) is 2.97. The number of anilines is 1. The van der Waals surface area contributed by atoms with Crippen molar-refractivity contribution in [1.29, 1.82) is 0 Å². The molecule has 1 aromatic carbocycles. The maximum atomic E-state index is 5.71. The summed E-state index contributed by atoms with van der Waals surface area (Å²) in [5, 5.41) is 4.10. The fourth-order valence-electron chi connectivity index (χ4n) is 1.47. The van der Waals surface area contributed by atoms with E-state index in [0.717, 1.165) is 22.6 Å². The Labute approximate surface area is 115 Å². The van der Waals surface area contributed by atoms with Gasteiger partial charge in [0.25, 0.3) is 0 Å². The van der Waals surface area contributed by atoms with Crippen LogP contribution in [-0.2, 0) is 0 Å². The zero-order valence-corrected chi connectivity index (χ0v) is 12.1. The molecule has 1 N–H and O–H groups in total. The molecule has 2 rings (SSSR count). The van der Waals surface area contributed by atoms with Crippen LogP contribution >= 0.6 is 9.24 Å². The number of hydrogen-bond donors (Lipinski definition) is 1. The van der Waals surface area contributed by atoms with Gasteiger partial charge in [-0.25, -0.2) is 4.98 Å². The summed E-state index contributed by atoms with van der Waals surface area (Å²) >= 11 is 0. The first-order valence-corrected chi connectivity index (χ1v) is 6.45. The average Bonchev–Trinajstić information content (AvgIpc) is 2.43. The van der Waals surface area contributed by atoms with Gasteiger partial charge in [-0.2, -0.15) is 0 Å². The topological polar surface area (TPSA) is 46.5 Å². The predicted octanol–water partition coefficient (Wildman–Crippen LogP) is 2.83. The molecule has 0 aliphatic carbocycles. The largest absolute Gasteiger partial charge is 0.438 e. The molecule has 1 unspecified atom stereocenters. The number of pyridine rings is 1. The number of amidine groups is 1. The molecular weight excluding hydrogens is 257 g/mol. The van der Waals surface area contributed by atoms with Gasteiger partial charge in [0.15, 0.2) is 0 Å². The molecule has 1 heterocycles. The van der Waals surface area contributed by atoms with Gasteiger partial charge in [-0.05, 0) is 43.3 Å². The minimum absolute atomic E-state index is 0.597. The smallest absolute Gasteiger partial charge is 0.226 e. The molecule has 5 heteroatoms. The molecule has 1 aromatic heterocycles. The zero-order chi connectivity index (χ0) is 13.7. The predicted molar refractivity (Wildman–Crippen MR) is 82.8 cm³/mol. The maximum absolute atomic E-state index is 5.71. The lowest BCUT2D eigenvalue weighted by molar-refractivity contribution is 0.467. The van der Waals surface area contributed by atoms with Crippen LogP contribution in [0.5, 0.6) is 11.6 Å². The summed E-state index contributed by atoms with van der Waals surface area (Å²) < 4.78 is 5.71. The van der Waals surface area contributed by atoms with E-state index in [2.05, 4.69) is 24.5 Å². The summed E-state index contributed by atoms with van der Waals surface area (Å²) in [5.74, 6) is 2.21. The van der Waals surface area contributed by atoms with E-state index >= 15 is 0 Å². The van der Waals surface area contributed by atoms with Gasteiger partial charge in [0.05, 0.1) is 5.84 Å². The molecule has 98 valence electrons. The number of ether oxygens (including phenoxy) is 1. The van der Waals surface area contributed by atoms with Gasteiger partial charge < -0.3 is 10.1 Å². The molecule has 4 nitrogen and oxygen atoms in total. The summed E-state index contributed by atoms with van der Waals surface area (Å²) in [6, 6.07) is 11.5. The van der Waals surface area contributed by atoms with Gasteiger partial charge in [-0.15, -0.1) is 0 Å². The van der Waals surface area contributed by atoms with Crippen molar-refractivity contribution < 1.29 is 4.74 Å². The van der Waals surface area contributed by atoms with Gasteiger partial charge in [-0.3, -0.25) is 4.99 Å². The summed E-state index contributed by atoms with van der Waals surface area (Å²) in [7, 11) is 4.36. The molecule has 0 spiro atoms. The lowest BCUT2D eigenvalue weighted by Crippen LogP contribution is -2.06. The van der Waals surface area contributed by atoms with Crippen molar-refractivity contribution >= 4 is 26.1 Å². The highest BCUT2D eigenvalue weighted by Crippen LogP contribution is 2.21. The van der Waals surface area contributed by atoms with Gasteiger partial charge in [0.1, 0.15) is 5.75 Å². The van der Waals surface area contributed by atoms with Crippen molar-refractivity contribution in [2.24, 2.45) is 4.99 Å². The molecule has 0 saturated heterocycles. The maximum Gasteiger partial charge on any atom is 0.226 e. The lowest BCUT2D eigenvalue weighted by Gasteiger charge is -2.08. The van der Waals surface area contributed by atoms with E-state index in [4.69, 9.17) is 4.74 Å². The van der Waals surface area contributed by atoms with Gasteiger partial charge in [0, 0.05) is 24.2 Å². The normalized spacial score (nSPS) is 11.2. The van der Waals surface area contributed by atoms with Crippen molar-refractivity contribution in [1.82, 2.24) is 4.98 Å². The molecule has 0 radical (unpaired) electrons. The highest BCUT2D eigenvalue weighted by atomic mass is 31.0. The van der Waals surface area contributed by atoms with Gasteiger partial charge in [0.2, 0.25) is 5.88 Å². The van der Waals surface area contributed by atoms with E-state index in [0.29, 0.717) is 5.88 Å². The number of nitrogens with zero attached hydrogens (tertiary/aromatic N) is 2. The lowest BCUT2D eigenvalue weighted by atomic mass is 10.3. The molecule has 0 amide bonds. The van der Waals surface area contributed by atoms with Gasteiger partial charge >= 0.3 is 0 Å². The SMILES string of the molecule is CN=C(C)Nc1ccc(Oc2ncccc2P)cc1. The van der Waals surface area contributed by atoms with Crippen LogP contribution in [-0.4, -0.2) is 17.9 Å². The summed E-state index contributed by atoms with van der Waals surface area (Å²) in [5.41, 5.74) is 0.975. The standard InChI is InChI=1S/C14H16N3OP/c1-10(15-2)17-11-5-7-12(8-6-11)18-14-13(19)4-3-9-16-14/h3-9H,19H2,1-2H3,(H,15,17). The molecule has 2 aromatic rings. The van der Waals surface area contributed by atoms with E-state index in [1.807, 2.05) is 43.3 Å². The Hall–Kier alpha value is -1.93. The Morgan fingerprint density at radius 3 is 2.63 bits per heavy atom. The van der Waals surface area contributed by atoms with Crippen LogP contribution < -0.4 is 15.4 Å². The van der Waals surface area contributed by atoms with Crippen molar-refractivity contribution in [3.8, 4) is 11.6 Å². The molecule has 1 atom stereocenters. The molecular formula is C14H16N3OP. The molecule has 0 aliphatic rings. The fraction of sp³-hybridized carbons (Fsp3) is 0.143. The Bertz CT molecular complexity index is 581. The first kappa shape index (κ1) is 13.5. The van der Waals surface area contributed by atoms with E-state index in [9.17, 15) is 0 Å². The molecule has 0 fully saturated rings. The number of rotatable bonds is 3. The van der Waals surface area contributed by atoms with Crippen molar-refractivity contribution in [2.45, 2.75) is 6.92 Å². The van der Waals surface area contributed by atoms with Crippen LogP contribution in [0.3, 0.4) is 0 Å². The molecule has 19 heavy (non-hydrogen) atoms. The summed E-state index contributed by atoms with van der Waals surface area (Å²) in [6.07, 6.45) is 1.71. The first-order valence-electron chi connectivity index (χ1n) is 5.88. The van der Waals surface area contributed by atoms with Crippen LogP contribution in [0.1, 0.15) is 6.92 Å². The van der Waals surface area contributed by atoms with Crippen LogP contribution in [0.25, 0.3) is 0 Å². The van der Waals surface area contributed by atoms with Crippen molar-refractivity contribution in [3.05, 3.63) is 42.6 Å². The summed E-state index contributed by atoms with van der Waals surface area (Å²) in [6.45, 7) is 1.92. The van der Waals surface area contributed by atoms with Crippen molar-refractivity contribution in [3.63, 3.8) is 0 Å². The van der Waals surface area contributed by atoms with Crippen LogP contribution in [0.4, 0.5) is 5.69 Å². The second-order valence-electron chi connectivity index (χ2n) is 3.96. The highest BCUT2D eigenvalue weighted by Gasteiger charge is 2.02. The van der Waals surface area contributed by atoms with Gasteiger partial charge in [-0.1, -0.05) is 9.24 Å². The molecule has 0 bridgehead atoms. The fourth-order valence-corrected chi connectivity index (χ4v) is 1.72. The second kappa shape index (κ2) is 6.30. The van der Waals surface area contributed by atoms with E-state index in [1.165, 1.54) is 0 Å². The Morgan fingerprint density at radius 1 is 1.26 bits per heavy atom. The minimum atomic E-state index is 0.597. The minimum Gasteiger partial charge on any atom is -0.438 e. The zero-order valence-electron chi connectivity index (χ0n) is 10.9. The number of benzene rings is 1. The Morgan fingerprint density at radius 2 is 2.00 bits per heavy atom. The number of nitrogens with one attached hydrogen (secondary N) is 1.